The molecular formula is C22H21N3S. The summed E-state index contributed by atoms with van der Waals surface area (Å²) in [6, 6.07) is 27.4. The van der Waals surface area contributed by atoms with Gasteiger partial charge in [0.2, 0.25) is 0 Å². The van der Waals surface area contributed by atoms with E-state index in [1.807, 2.05) is 30.0 Å². The maximum Gasteiger partial charge on any atom is 0.116 e. The number of benzene rings is 3. The Labute approximate surface area is 158 Å². The van der Waals surface area contributed by atoms with Crippen LogP contribution in [0.4, 0.5) is 0 Å². The first-order chi connectivity index (χ1) is 12.6. The lowest BCUT2D eigenvalue weighted by Crippen LogP contribution is -2.30. The average Bonchev–Trinajstić information content (AvgIpc) is 3.09. The number of hydrogen-bond acceptors (Lipinski definition) is 3. The van der Waals surface area contributed by atoms with Crippen LogP contribution in [0.3, 0.4) is 0 Å². The van der Waals surface area contributed by atoms with Crippen LogP contribution in [0.5, 0.6) is 0 Å². The van der Waals surface area contributed by atoms with Crippen molar-refractivity contribution in [2.45, 2.75) is 30.0 Å². The van der Waals surface area contributed by atoms with Crippen molar-refractivity contribution < 1.29 is 0 Å². The Hall–Kier alpha value is -2.59. The number of thioether (sulfide) groups is 1. The summed E-state index contributed by atoms with van der Waals surface area (Å²) in [7, 11) is 0. The molecule has 0 radical (unpaired) electrons. The number of para-hydroxylation sites is 1. The highest BCUT2D eigenvalue weighted by molar-refractivity contribution is 8.00. The fourth-order valence-corrected chi connectivity index (χ4v) is 4.45. The van der Waals surface area contributed by atoms with Crippen molar-refractivity contribution >= 4 is 22.8 Å². The quantitative estimate of drug-likeness (QED) is 0.444. The van der Waals surface area contributed by atoms with Gasteiger partial charge in [0.15, 0.2) is 0 Å². The van der Waals surface area contributed by atoms with Crippen molar-refractivity contribution in [3.8, 4) is 0 Å². The molecule has 130 valence electrons. The van der Waals surface area contributed by atoms with E-state index in [1.165, 1.54) is 16.0 Å². The summed E-state index contributed by atoms with van der Waals surface area (Å²) in [4.78, 5) is 0.945. The minimum Gasteiger partial charge on any atom is -0.228 e. The lowest BCUT2D eigenvalue weighted by atomic mass is 10.1. The molecule has 0 N–H and O–H groups in total. The van der Waals surface area contributed by atoms with Gasteiger partial charge < -0.3 is 0 Å². The molecule has 0 saturated heterocycles. The van der Waals surface area contributed by atoms with Crippen LogP contribution in [0, 0.1) is 6.92 Å². The predicted octanol–water partition coefficient (Wildman–Crippen LogP) is 5.45. The maximum atomic E-state index is 4.52. The molecule has 3 nitrogen and oxygen atoms in total. The molecule has 1 aromatic heterocycles. The first-order valence-electron chi connectivity index (χ1n) is 8.75. The maximum absolute atomic E-state index is 4.52. The van der Waals surface area contributed by atoms with E-state index in [-0.39, 0.29) is 4.87 Å². The van der Waals surface area contributed by atoms with Crippen molar-refractivity contribution in [2.75, 3.05) is 0 Å². The Morgan fingerprint density at radius 3 is 2.35 bits per heavy atom. The third-order valence-electron chi connectivity index (χ3n) is 4.53. The molecule has 1 atom stereocenters. The fourth-order valence-electron chi connectivity index (χ4n) is 3.21. The Balaban J connectivity index is 1.79. The van der Waals surface area contributed by atoms with E-state index in [1.54, 1.807) is 0 Å². The molecule has 0 bridgehead atoms. The SMILES string of the molecule is Cc1ccc(SC(C)(Cc2ccccc2)n2nnc3ccccc32)cc1. The summed E-state index contributed by atoms with van der Waals surface area (Å²) >= 11 is 1.83. The van der Waals surface area contributed by atoms with Gasteiger partial charge in [0, 0.05) is 11.3 Å². The second-order valence-electron chi connectivity index (χ2n) is 6.74. The van der Waals surface area contributed by atoms with E-state index >= 15 is 0 Å². The van der Waals surface area contributed by atoms with Gasteiger partial charge >= 0.3 is 0 Å². The Morgan fingerprint density at radius 2 is 1.58 bits per heavy atom. The van der Waals surface area contributed by atoms with Crippen LogP contribution in [-0.2, 0) is 11.3 Å². The minimum absolute atomic E-state index is 0.285. The summed E-state index contributed by atoms with van der Waals surface area (Å²) < 4.78 is 2.07. The van der Waals surface area contributed by atoms with Crippen molar-refractivity contribution in [3.63, 3.8) is 0 Å². The normalized spacial score (nSPS) is 13.6. The Bertz CT molecular complexity index is 1010. The predicted molar refractivity (Wildman–Crippen MR) is 108 cm³/mol. The number of hydrogen-bond donors (Lipinski definition) is 0. The summed E-state index contributed by atoms with van der Waals surface area (Å²) in [5, 5.41) is 8.90. The summed E-state index contributed by atoms with van der Waals surface area (Å²) in [6.45, 7) is 4.36. The van der Waals surface area contributed by atoms with E-state index in [2.05, 4.69) is 89.5 Å². The smallest absolute Gasteiger partial charge is 0.116 e. The molecule has 26 heavy (non-hydrogen) atoms. The van der Waals surface area contributed by atoms with Crippen molar-refractivity contribution in [3.05, 3.63) is 90.0 Å². The van der Waals surface area contributed by atoms with Gasteiger partial charge in [-0.2, -0.15) is 0 Å². The molecule has 3 aromatic carbocycles. The van der Waals surface area contributed by atoms with Crippen molar-refractivity contribution in [1.29, 1.82) is 0 Å². The van der Waals surface area contributed by atoms with Crippen LogP contribution < -0.4 is 0 Å². The van der Waals surface area contributed by atoms with E-state index in [0.29, 0.717) is 0 Å². The summed E-state index contributed by atoms with van der Waals surface area (Å²) in [5.74, 6) is 0. The molecule has 4 aromatic rings. The number of aryl methyl sites for hydroxylation is 1. The van der Waals surface area contributed by atoms with Crippen LogP contribution >= 0.6 is 11.8 Å². The molecule has 0 spiro atoms. The van der Waals surface area contributed by atoms with E-state index in [9.17, 15) is 0 Å². The lowest BCUT2D eigenvalue weighted by Gasteiger charge is -2.30. The van der Waals surface area contributed by atoms with Gasteiger partial charge in [0.1, 0.15) is 10.4 Å². The highest BCUT2D eigenvalue weighted by Gasteiger charge is 2.31. The first kappa shape index (κ1) is 16.9. The third kappa shape index (κ3) is 3.37. The van der Waals surface area contributed by atoms with E-state index in [4.69, 9.17) is 0 Å². The van der Waals surface area contributed by atoms with E-state index in [0.717, 1.165) is 17.5 Å². The minimum atomic E-state index is -0.285. The Morgan fingerprint density at radius 1 is 0.885 bits per heavy atom. The highest BCUT2D eigenvalue weighted by Crippen LogP contribution is 2.40. The Kier molecular flexibility index (Phi) is 4.51. The highest BCUT2D eigenvalue weighted by atomic mass is 32.2. The third-order valence-corrected chi connectivity index (χ3v) is 5.80. The number of fused-ring (bicyclic) bond motifs is 1. The zero-order valence-corrected chi connectivity index (χ0v) is 15.8. The number of rotatable bonds is 5. The van der Waals surface area contributed by atoms with Crippen molar-refractivity contribution in [1.82, 2.24) is 15.0 Å². The number of aromatic nitrogens is 3. The summed E-state index contributed by atoms with van der Waals surface area (Å²) in [6.07, 6.45) is 0.861. The van der Waals surface area contributed by atoms with Crippen molar-refractivity contribution in [2.24, 2.45) is 0 Å². The fraction of sp³-hybridized carbons (Fsp3) is 0.182. The van der Waals surface area contributed by atoms with Gasteiger partial charge in [-0.25, -0.2) is 4.68 Å². The van der Waals surface area contributed by atoms with Gasteiger partial charge in [-0.3, -0.25) is 0 Å². The second kappa shape index (κ2) is 6.96. The zero-order valence-electron chi connectivity index (χ0n) is 15.0. The molecule has 4 rings (SSSR count). The largest absolute Gasteiger partial charge is 0.228 e. The van der Waals surface area contributed by atoms with Gasteiger partial charge in [0.25, 0.3) is 0 Å². The second-order valence-corrected chi connectivity index (χ2v) is 8.30. The molecular weight excluding hydrogens is 338 g/mol. The van der Waals surface area contributed by atoms with Gasteiger partial charge in [-0.05, 0) is 43.7 Å². The van der Waals surface area contributed by atoms with Crippen LogP contribution in [0.2, 0.25) is 0 Å². The first-order valence-corrected chi connectivity index (χ1v) is 9.56. The molecule has 0 aliphatic heterocycles. The van der Waals surface area contributed by atoms with Crippen LogP contribution in [-0.4, -0.2) is 15.0 Å². The molecule has 0 fully saturated rings. The molecule has 1 heterocycles. The molecule has 4 heteroatoms. The molecule has 0 aliphatic rings. The standard InChI is InChI=1S/C22H21N3S/c1-17-12-14-19(15-13-17)26-22(2,16-18-8-4-3-5-9-18)25-21-11-7-6-10-20(21)23-24-25/h3-15H,16H2,1-2H3. The topological polar surface area (TPSA) is 30.7 Å². The average molecular weight is 359 g/mol. The van der Waals surface area contributed by atoms with Gasteiger partial charge in [0.05, 0.1) is 5.52 Å². The number of nitrogens with zero attached hydrogens (tertiary/aromatic N) is 3. The van der Waals surface area contributed by atoms with Crippen LogP contribution in [0.15, 0.2) is 83.8 Å². The molecule has 0 aliphatic carbocycles. The molecule has 0 saturated carbocycles. The van der Waals surface area contributed by atoms with Gasteiger partial charge in [-0.1, -0.05) is 77.1 Å². The summed E-state index contributed by atoms with van der Waals surface area (Å²) in [5.41, 5.74) is 4.54. The lowest BCUT2D eigenvalue weighted by molar-refractivity contribution is 0.436. The molecule has 0 amide bonds. The van der Waals surface area contributed by atoms with Crippen LogP contribution in [0.1, 0.15) is 18.1 Å². The zero-order chi connectivity index (χ0) is 18.0. The van der Waals surface area contributed by atoms with E-state index < -0.39 is 0 Å². The monoisotopic (exact) mass is 359 g/mol. The van der Waals surface area contributed by atoms with Crippen LogP contribution in [0.25, 0.3) is 11.0 Å². The van der Waals surface area contributed by atoms with Gasteiger partial charge in [-0.15, -0.1) is 5.10 Å². The molecule has 1 unspecified atom stereocenters.